The lowest BCUT2D eigenvalue weighted by molar-refractivity contribution is -0.154. The van der Waals surface area contributed by atoms with Crippen molar-refractivity contribution in [3.8, 4) is 5.88 Å². The summed E-state index contributed by atoms with van der Waals surface area (Å²) in [5, 5.41) is 3.04. The maximum absolute atomic E-state index is 13.1. The first-order valence-electron chi connectivity index (χ1n) is 5.66. The third-order valence-electron chi connectivity index (χ3n) is 2.07. The molecule has 0 unspecified atom stereocenters. The van der Waals surface area contributed by atoms with Crippen molar-refractivity contribution in [3.05, 3.63) is 23.6 Å². The molecule has 0 aliphatic carbocycles. The van der Waals surface area contributed by atoms with E-state index in [2.05, 4.69) is 15.0 Å². The number of ether oxygens (including phenoxy) is 1. The molecule has 0 spiro atoms. The lowest BCUT2D eigenvalue weighted by atomic mass is 10.1. The van der Waals surface area contributed by atoms with Crippen molar-refractivity contribution in [1.82, 2.24) is 10.3 Å². The van der Waals surface area contributed by atoms with Crippen LogP contribution in [0.5, 0.6) is 5.88 Å². The van der Waals surface area contributed by atoms with Gasteiger partial charge in [-0.25, -0.2) is 9.37 Å². The SMILES string of the molecule is CC(C)(C)NCc1cc(F)cnc1OCC(F)(F)F. The molecule has 0 atom stereocenters. The Kier molecular flexibility index (Phi) is 4.73. The summed E-state index contributed by atoms with van der Waals surface area (Å²) >= 11 is 0. The van der Waals surface area contributed by atoms with Crippen LogP contribution in [0.3, 0.4) is 0 Å². The number of hydrogen-bond acceptors (Lipinski definition) is 3. The van der Waals surface area contributed by atoms with Gasteiger partial charge in [0, 0.05) is 17.6 Å². The van der Waals surface area contributed by atoms with Gasteiger partial charge in [-0.3, -0.25) is 0 Å². The zero-order valence-corrected chi connectivity index (χ0v) is 10.9. The van der Waals surface area contributed by atoms with E-state index in [0.29, 0.717) is 0 Å². The molecule has 0 bridgehead atoms. The number of nitrogens with one attached hydrogen (secondary N) is 1. The summed E-state index contributed by atoms with van der Waals surface area (Å²) in [6.45, 7) is 4.37. The lowest BCUT2D eigenvalue weighted by Crippen LogP contribution is -2.35. The molecule has 0 aliphatic heterocycles. The van der Waals surface area contributed by atoms with Gasteiger partial charge in [-0.05, 0) is 26.8 Å². The molecule has 0 amide bonds. The van der Waals surface area contributed by atoms with E-state index >= 15 is 0 Å². The first-order chi connectivity index (χ1) is 8.57. The number of alkyl halides is 3. The van der Waals surface area contributed by atoms with E-state index < -0.39 is 18.6 Å². The zero-order valence-electron chi connectivity index (χ0n) is 10.9. The molecule has 0 saturated carbocycles. The average Bonchev–Trinajstić information content (AvgIpc) is 2.22. The number of nitrogens with zero attached hydrogens (tertiary/aromatic N) is 1. The largest absolute Gasteiger partial charge is 0.468 e. The Labute approximate surface area is 109 Å². The van der Waals surface area contributed by atoms with Gasteiger partial charge in [-0.1, -0.05) is 0 Å². The van der Waals surface area contributed by atoms with Crippen molar-refractivity contribution in [3.63, 3.8) is 0 Å². The van der Waals surface area contributed by atoms with Crippen molar-refractivity contribution in [2.75, 3.05) is 6.61 Å². The van der Waals surface area contributed by atoms with E-state index in [4.69, 9.17) is 0 Å². The summed E-state index contributed by atoms with van der Waals surface area (Å²) in [4.78, 5) is 3.54. The van der Waals surface area contributed by atoms with Gasteiger partial charge in [0.15, 0.2) is 6.61 Å². The molecule has 108 valence electrons. The molecule has 1 N–H and O–H groups in total. The summed E-state index contributed by atoms with van der Waals surface area (Å²) in [5.74, 6) is -0.833. The van der Waals surface area contributed by atoms with Crippen LogP contribution in [-0.2, 0) is 6.54 Å². The fraction of sp³-hybridized carbons (Fsp3) is 0.583. The van der Waals surface area contributed by atoms with Gasteiger partial charge in [0.05, 0.1) is 6.20 Å². The quantitative estimate of drug-likeness (QED) is 0.861. The van der Waals surface area contributed by atoms with Crippen LogP contribution in [0.15, 0.2) is 12.3 Å². The molecule has 0 fully saturated rings. The first-order valence-corrected chi connectivity index (χ1v) is 5.66. The Morgan fingerprint density at radius 3 is 2.42 bits per heavy atom. The second kappa shape index (κ2) is 5.73. The van der Waals surface area contributed by atoms with Crippen LogP contribution in [-0.4, -0.2) is 23.3 Å². The Morgan fingerprint density at radius 1 is 1.26 bits per heavy atom. The standard InChI is InChI=1S/C12H16F4N2O/c1-11(2,3)18-5-8-4-9(13)6-17-10(8)19-7-12(14,15)16/h4,6,18H,5,7H2,1-3H3. The van der Waals surface area contributed by atoms with Crippen LogP contribution < -0.4 is 10.1 Å². The van der Waals surface area contributed by atoms with Crippen LogP contribution in [0.4, 0.5) is 17.6 Å². The van der Waals surface area contributed by atoms with Gasteiger partial charge in [-0.2, -0.15) is 13.2 Å². The third kappa shape index (κ3) is 6.37. The molecular weight excluding hydrogens is 264 g/mol. The van der Waals surface area contributed by atoms with Gasteiger partial charge in [-0.15, -0.1) is 0 Å². The second-order valence-electron chi connectivity index (χ2n) is 5.13. The van der Waals surface area contributed by atoms with Crippen molar-refractivity contribution in [1.29, 1.82) is 0 Å². The van der Waals surface area contributed by atoms with Crippen LogP contribution >= 0.6 is 0 Å². The number of pyridine rings is 1. The van der Waals surface area contributed by atoms with Crippen LogP contribution in [0, 0.1) is 5.82 Å². The van der Waals surface area contributed by atoms with Gasteiger partial charge in [0.25, 0.3) is 0 Å². The van der Waals surface area contributed by atoms with E-state index in [1.54, 1.807) is 0 Å². The Bertz CT molecular complexity index is 427. The molecule has 3 nitrogen and oxygen atoms in total. The molecule has 0 saturated heterocycles. The van der Waals surface area contributed by atoms with Gasteiger partial charge in [0.1, 0.15) is 5.82 Å². The minimum atomic E-state index is -4.45. The van der Waals surface area contributed by atoms with E-state index in [0.717, 1.165) is 12.3 Å². The third-order valence-corrected chi connectivity index (χ3v) is 2.07. The molecule has 19 heavy (non-hydrogen) atoms. The molecule has 7 heteroatoms. The zero-order chi connectivity index (χ0) is 14.7. The molecule has 0 aliphatic rings. The summed E-state index contributed by atoms with van der Waals surface area (Å²) in [7, 11) is 0. The minimum absolute atomic E-state index is 0.168. The lowest BCUT2D eigenvalue weighted by Gasteiger charge is -2.21. The fourth-order valence-corrected chi connectivity index (χ4v) is 1.24. The number of rotatable bonds is 4. The van der Waals surface area contributed by atoms with E-state index in [-0.39, 0.29) is 23.5 Å². The molecular formula is C12H16F4N2O. The second-order valence-corrected chi connectivity index (χ2v) is 5.13. The minimum Gasteiger partial charge on any atom is -0.468 e. The van der Waals surface area contributed by atoms with Gasteiger partial charge < -0.3 is 10.1 Å². The first kappa shape index (κ1) is 15.7. The molecule has 1 rings (SSSR count). The van der Waals surface area contributed by atoms with Crippen molar-refractivity contribution >= 4 is 0 Å². The van der Waals surface area contributed by atoms with E-state index in [9.17, 15) is 17.6 Å². The fourth-order valence-electron chi connectivity index (χ4n) is 1.24. The number of aromatic nitrogens is 1. The number of halogens is 4. The Morgan fingerprint density at radius 2 is 1.89 bits per heavy atom. The van der Waals surface area contributed by atoms with Gasteiger partial charge in [0.2, 0.25) is 5.88 Å². The van der Waals surface area contributed by atoms with Crippen LogP contribution in [0.1, 0.15) is 26.3 Å². The highest BCUT2D eigenvalue weighted by Crippen LogP contribution is 2.21. The Hall–Kier alpha value is -1.37. The summed E-state index contributed by atoms with van der Waals surface area (Å²) in [5.41, 5.74) is -0.00710. The summed E-state index contributed by atoms with van der Waals surface area (Å²) in [6, 6.07) is 1.11. The van der Waals surface area contributed by atoms with Crippen molar-refractivity contribution in [2.45, 2.75) is 39.0 Å². The Balaban J connectivity index is 2.80. The topological polar surface area (TPSA) is 34.2 Å². The summed E-state index contributed by atoms with van der Waals surface area (Å²) in [6.07, 6.45) is -3.63. The van der Waals surface area contributed by atoms with Gasteiger partial charge >= 0.3 is 6.18 Å². The molecule has 1 heterocycles. The van der Waals surface area contributed by atoms with E-state index in [1.165, 1.54) is 0 Å². The molecule has 1 aromatic heterocycles. The highest BCUT2D eigenvalue weighted by atomic mass is 19.4. The van der Waals surface area contributed by atoms with Crippen molar-refractivity contribution < 1.29 is 22.3 Å². The molecule has 0 aromatic carbocycles. The predicted molar refractivity (Wildman–Crippen MR) is 62.3 cm³/mol. The van der Waals surface area contributed by atoms with Crippen LogP contribution in [0.2, 0.25) is 0 Å². The van der Waals surface area contributed by atoms with Crippen molar-refractivity contribution in [2.24, 2.45) is 0 Å². The van der Waals surface area contributed by atoms with Crippen LogP contribution in [0.25, 0.3) is 0 Å². The molecule has 0 radical (unpaired) electrons. The summed E-state index contributed by atoms with van der Waals surface area (Å²) < 4.78 is 53.9. The average molecular weight is 280 g/mol. The smallest absolute Gasteiger partial charge is 0.422 e. The maximum Gasteiger partial charge on any atom is 0.422 e. The van der Waals surface area contributed by atoms with E-state index in [1.807, 2.05) is 20.8 Å². The highest BCUT2D eigenvalue weighted by Gasteiger charge is 2.29. The number of hydrogen-bond donors (Lipinski definition) is 1. The highest BCUT2D eigenvalue weighted by molar-refractivity contribution is 5.26. The normalized spacial score (nSPS) is 12.6. The maximum atomic E-state index is 13.1. The monoisotopic (exact) mass is 280 g/mol. The molecule has 1 aromatic rings. The predicted octanol–water partition coefficient (Wildman–Crippen LogP) is 3.05.